The first-order valence-corrected chi connectivity index (χ1v) is 13.0. The normalized spacial score (nSPS) is 41.6. The van der Waals surface area contributed by atoms with Gasteiger partial charge in [0.1, 0.15) is 0 Å². The SMILES string of the molecule is CC1=CCC2C(CCC3(C)C2CCC3[C@H](C)CCCC(C)C)C1(C)CCC(C)N. The highest BCUT2D eigenvalue weighted by Crippen LogP contribution is 2.66. The molecule has 2 fully saturated rings. The van der Waals surface area contributed by atoms with Crippen LogP contribution in [-0.2, 0) is 0 Å². The molecule has 3 rings (SSSR count). The Morgan fingerprint density at radius 1 is 1.00 bits per heavy atom. The summed E-state index contributed by atoms with van der Waals surface area (Å²) in [5, 5.41) is 0. The van der Waals surface area contributed by atoms with Crippen LogP contribution in [0.15, 0.2) is 11.6 Å². The molecule has 3 aliphatic rings. The Hall–Kier alpha value is -0.300. The third kappa shape index (κ3) is 4.51. The van der Waals surface area contributed by atoms with E-state index in [1.807, 2.05) is 0 Å². The first kappa shape index (κ1) is 23.4. The number of rotatable bonds is 8. The summed E-state index contributed by atoms with van der Waals surface area (Å²) in [5.74, 6) is 5.49. The summed E-state index contributed by atoms with van der Waals surface area (Å²) < 4.78 is 0. The van der Waals surface area contributed by atoms with Crippen LogP contribution in [0.5, 0.6) is 0 Å². The molecule has 0 spiro atoms. The Morgan fingerprint density at radius 3 is 2.38 bits per heavy atom. The van der Waals surface area contributed by atoms with E-state index in [4.69, 9.17) is 5.73 Å². The minimum Gasteiger partial charge on any atom is -0.328 e. The highest BCUT2D eigenvalue weighted by molar-refractivity contribution is 5.21. The second kappa shape index (κ2) is 9.05. The van der Waals surface area contributed by atoms with Crippen molar-refractivity contribution in [3.8, 4) is 0 Å². The molecule has 7 unspecified atom stereocenters. The van der Waals surface area contributed by atoms with Crippen LogP contribution in [0.2, 0.25) is 0 Å². The molecule has 0 bridgehead atoms. The van der Waals surface area contributed by atoms with Crippen LogP contribution in [0.3, 0.4) is 0 Å². The van der Waals surface area contributed by atoms with Crippen molar-refractivity contribution < 1.29 is 0 Å². The summed E-state index contributed by atoms with van der Waals surface area (Å²) in [6, 6.07) is 0.330. The highest BCUT2D eigenvalue weighted by Gasteiger charge is 2.58. The molecule has 1 heteroatoms. The molecule has 168 valence electrons. The van der Waals surface area contributed by atoms with Crippen LogP contribution < -0.4 is 5.73 Å². The molecule has 29 heavy (non-hydrogen) atoms. The van der Waals surface area contributed by atoms with Gasteiger partial charge in [-0.25, -0.2) is 0 Å². The van der Waals surface area contributed by atoms with Crippen LogP contribution in [-0.4, -0.2) is 6.04 Å². The second-order valence-electron chi connectivity index (χ2n) is 12.5. The largest absolute Gasteiger partial charge is 0.328 e. The van der Waals surface area contributed by atoms with Gasteiger partial charge in [0.15, 0.2) is 0 Å². The molecule has 0 saturated heterocycles. The average Bonchev–Trinajstić information content (AvgIpc) is 3.00. The summed E-state index contributed by atoms with van der Waals surface area (Å²) in [6.45, 7) is 17.2. The summed E-state index contributed by atoms with van der Waals surface area (Å²) >= 11 is 0. The first-order valence-electron chi connectivity index (χ1n) is 13.0. The van der Waals surface area contributed by atoms with Gasteiger partial charge in [0.25, 0.3) is 0 Å². The fourth-order valence-corrected chi connectivity index (χ4v) is 8.18. The maximum absolute atomic E-state index is 6.18. The average molecular weight is 402 g/mol. The topological polar surface area (TPSA) is 26.0 Å². The van der Waals surface area contributed by atoms with Gasteiger partial charge >= 0.3 is 0 Å². The Bertz CT molecular complexity index is 575. The van der Waals surface area contributed by atoms with Gasteiger partial charge in [-0.05, 0) is 105 Å². The molecule has 3 aliphatic carbocycles. The molecular formula is C28H51N. The van der Waals surface area contributed by atoms with Crippen molar-refractivity contribution in [3.63, 3.8) is 0 Å². The Labute approximate surface area is 182 Å². The van der Waals surface area contributed by atoms with E-state index in [-0.39, 0.29) is 0 Å². The minimum absolute atomic E-state index is 0.330. The second-order valence-corrected chi connectivity index (χ2v) is 12.5. The smallest absolute Gasteiger partial charge is 0.00107 e. The first-order chi connectivity index (χ1) is 13.6. The zero-order chi connectivity index (χ0) is 21.4. The van der Waals surface area contributed by atoms with Crippen molar-refractivity contribution in [2.45, 2.75) is 119 Å². The number of nitrogens with two attached hydrogens (primary N) is 1. The molecule has 0 aromatic heterocycles. The van der Waals surface area contributed by atoms with E-state index < -0.39 is 0 Å². The molecule has 2 N–H and O–H groups in total. The fraction of sp³-hybridized carbons (Fsp3) is 0.929. The number of hydrogen-bond donors (Lipinski definition) is 1. The van der Waals surface area contributed by atoms with Crippen LogP contribution >= 0.6 is 0 Å². The van der Waals surface area contributed by atoms with E-state index in [1.54, 1.807) is 5.57 Å². The van der Waals surface area contributed by atoms with E-state index in [2.05, 4.69) is 54.5 Å². The Morgan fingerprint density at radius 2 is 1.72 bits per heavy atom. The maximum Gasteiger partial charge on any atom is 0.00107 e. The van der Waals surface area contributed by atoms with Crippen LogP contribution in [0.25, 0.3) is 0 Å². The zero-order valence-corrected chi connectivity index (χ0v) is 20.8. The minimum atomic E-state index is 0.330. The zero-order valence-electron chi connectivity index (χ0n) is 20.8. The van der Waals surface area contributed by atoms with Gasteiger partial charge in [-0.15, -0.1) is 0 Å². The summed E-state index contributed by atoms with van der Waals surface area (Å²) in [6.07, 6.45) is 16.6. The Kier molecular flexibility index (Phi) is 7.30. The summed E-state index contributed by atoms with van der Waals surface area (Å²) in [7, 11) is 0. The molecular weight excluding hydrogens is 350 g/mol. The molecule has 0 heterocycles. The standard InChI is InChI=1S/C28H51N/c1-19(2)9-8-10-20(3)24-13-14-25-23-12-11-21(4)27(6,17-15-22(5)29)26(23)16-18-28(24,25)7/h11,19-20,22-26H,8-10,12-18,29H2,1-7H3/t20-,22?,23?,24?,25?,26?,27?,28?/m1/s1. The molecule has 0 aliphatic heterocycles. The molecule has 0 radical (unpaired) electrons. The van der Waals surface area contributed by atoms with E-state index in [0.29, 0.717) is 16.9 Å². The van der Waals surface area contributed by atoms with E-state index >= 15 is 0 Å². The quantitative estimate of drug-likeness (QED) is 0.410. The lowest BCUT2D eigenvalue weighted by Gasteiger charge is -2.57. The molecule has 2 saturated carbocycles. The number of allylic oxidation sites excluding steroid dienone is 2. The van der Waals surface area contributed by atoms with Gasteiger partial charge in [0.2, 0.25) is 0 Å². The summed E-state index contributed by atoms with van der Waals surface area (Å²) in [5.41, 5.74) is 8.83. The number of hydrogen-bond acceptors (Lipinski definition) is 1. The van der Waals surface area contributed by atoms with Gasteiger partial charge in [0, 0.05) is 6.04 Å². The molecule has 1 nitrogen and oxygen atoms in total. The van der Waals surface area contributed by atoms with Crippen LogP contribution in [0.4, 0.5) is 0 Å². The van der Waals surface area contributed by atoms with Crippen molar-refractivity contribution >= 4 is 0 Å². The van der Waals surface area contributed by atoms with Crippen molar-refractivity contribution in [3.05, 3.63) is 11.6 Å². The third-order valence-corrected chi connectivity index (χ3v) is 10.2. The van der Waals surface area contributed by atoms with Crippen molar-refractivity contribution in [1.82, 2.24) is 0 Å². The van der Waals surface area contributed by atoms with Gasteiger partial charge in [-0.2, -0.15) is 0 Å². The van der Waals surface area contributed by atoms with Gasteiger partial charge < -0.3 is 5.73 Å². The fourth-order valence-electron chi connectivity index (χ4n) is 8.18. The summed E-state index contributed by atoms with van der Waals surface area (Å²) in [4.78, 5) is 0. The monoisotopic (exact) mass is 401 g/mol. The lowest BCUT2D eigenvalue weighted by atomic mass is 9.48. The molecule has 0 aromatic carbocycles. The predicted octanol–water partition coefficient (Wildman–Crippen LogP) is 7.99. The van der Waals surface area contributed by atoms with E-state index in [1.165, 1.54) is 64.2 Å². The van der Waals surface area contributed by atoms with E-state index in [9.17, 15) is 0 Å². The molecule has 8 atom stereocenters. The van der Waals surface area contributed by atoms with Gasteiger partial charge in [-0.1, -0.05) is 65.5 Å². The van der Waals surface area contributed by atoms with Crippen LogP contribution in [0, 0.1) is 46.3 Å². The lowest BCUT2D eigenvalue weighted by molar-refractivity contribution is -0.0464. The Balaban J connectivity index is 1.73. The lowest BCUT2D eigenvalue weighted by Crippen LogP contribution is -2.49. The maximum atomic E-state index is 6.18. The van der Waals surface area contributed by atoms with Crippen molar-refractivity contribution in [2.75, 3.05) is 0 Å². The number of fused-ring (bicyclic) bond motifs is 3. The van der Waals surface area contributed by atoms with Crippen molar-refractivity contribution in [2.24, 2.45) is 52.1 Å². The third-order valence-electron chi connectivity index (χ3n) is 10.2. The van der Waals surface area contributed by atoms with Gasteiger partial charge in [-0.3, -0.25) is 0 Å². The van der Waals surface area contributed by atoms with Crippen LogP contribution in [0.1, 0.15) is 113 Å². The van der Waals surface area contributed by atoms with E-state index in [0.717, 1.165) is 35.5 Å². The van der Waals surface area contributed by atoms with Gasteiger partial charge in [0.05, 0.1) is 0 Å². The predicted molar refractivity (Wildman–Crippen MR) is 128 cm³/mol. The molecule has 0 amide bonds. The highest BCUT2D eigenvalue weighted by atomic mass is 14.6. The van der Waals surface area contributed by atoms with Crippen molar-refractivity contribution in [1.29, 1.82) is 0 Å². The molecule has 0 aromatic rings.